The fourth-order valence-corrected chi connectivity index (χ4v) is 2.72. The number of hydrogen-bond donors (Lipinski definition) is 1. The molecule has 1 aliphatic rings. The average molecular weight is 410 g/mol. The average Bonchev–Trinajstić information content (AvgIpc) is 2.82. The van der Waals surface area contributed by atoms with E-state index >= 15 is 0 Å². The molecule has 17 heavy (non-hydrogen) atoms. The third-order valence-electron chi connectivity index (χ3n) is 2.69. The molecule has 1 aromatic rings. The van der Waals surface area contributed by atoms with Gasteiger partial charge in [0.2, 0.25) is 0 Å². The van der Waals surface area contributed by atoms with Crippen molar-refractivity contribution in [1.29, 1.82) is 0 Å². The zero-order valence-corrected chi connectivity index (χ0v) is 13.0. The van der Waals surface area contributed by atoms with Crippen molar-refractivity contribution in [2.45, 2.75) is 18.9 Å². The van der Waals surface area contributed by atoms with Crippen molar-refractivity contribution < 1.29 is 9.53 Å². The summed E-state index contributed by atoms with van der Waals surface area (Å²) in [6.45, 7) is 1.41. The van der Waals surface area contributed by atoms with E-state index < -0.39 is 0 Å². The van der Waals surface area contributed by atoms with Gasteiger partial charge in [0.05, 0.1) is 11.7 Å². The van der Waals surface area contributed by atoms with Crippen molar-refractivity contribution in [3.8, 4) is 0 Å². The maximum atomic E-state index is 12.0. The summed E-state index contributed by atoms with van der Waals surface area (Å²) < 4.78 is 7.34. The summed E-state index contributed by atoms with van der Waals surface area (Å²) in [7, 11) is 0. The molecule has 1 amide bonds. The van der Waals surface area contributed by atoms with Crippen LogP contribution in [0.4, 0.5) is 0 Å². The Bertz CT molecular complexity index is 419. The number of carbonyl (C=O) groups is 1. The van der Waals surface area contributed by atoms with Crippen LogP contribution in [-0.4, -0.2) is 25.2 Å². The third kappa shape index (κ3) is 3.66. The van der Waals surface area contributed by atoms with E-state index in [1.54, 1.807) is 0 Å². The number of rotatable bonds is 3. The van der Waals surface area contributed by atoms with Crippen LogP contribution in [0.15, 0.2) is 22.7 Å². The molecule has 0 radical (unpaired) electrons. The van der Waals surface area contributed by atoms with Crippen LogP contribution >= 0.6 is 38.5 Å². The minimum absolute atomic E-state index is 0.0359. The Hall–Kier alpha value is -0.140. The summed E-state index contributed by atoms with van der Waals surface area (Å²) in [4.78, 5) is 12.0. The highest BCUT2D eigenvalue weighted by Crippen LogP contribution is 2.18. The fraction of sp³-hybridized carbons (Fsp3) is 0.417. The van der Waals surface area contributed by atoms with Crippen LogP contribution in [0, 0.1) is 3.57 Å². The van der Waals surface area contributed by atoms with Gasteiger partial charge in [-0.05, 0) is 53.6 Å². The van der Waals surface area contributed by atoms with Gasteiger partial charge in [-0.15, -0.1) is 0 Å². The Morgan fingerprint density at radius 1 is 1.59 bits per heavy atom. The molecule has 1 unspecified atom stereocenters. The second-order valence-electron chi connectivity index (χ2n) is 3.97. The molecule has 1 saturated heterocycles. The molecule has 1 atom stereocenters. The lowest BCUT2D eigenvalue weighted by molar-refractivity contribution is 0.0857. The number of amides is 1. The van der Waals surface area contributed by atoms with Crippen LogP contribution in [0.25, 0.3) is 0 Å². The lowest BCUT2D eigenvalue weighted by Crippen LogP contribution is -2.32. The highest BCUT2D eigenvalue weighted by atomic mass is 127. The molecule has 1 aliphatic heterocycles. The maximum absolute atomic E-state index is 12.0. The molecule has 0 spiro atoms. The molecule has 0 saturated carbocycles. The third-order valence-corrected chi connectivity index (χ3v) is 4.12. The SMILES string of the molecule is O=C(NCC1CCCO1)c1cc(Br)ccc1I. The first-order valence-corrected chi connectivity index (χ1v) is 7.39. The minimum atomic E-state index is -0.0359. The molecule has 5 heteroatoms. The summed E-state index contributed by atoms with van der Waals surface area (Å²) in [5.41, 5.74) is 0.706. The first-order valence-electron chi connectivity index (χ1n) is 5.51. The molecule has 1 aromatic carbocycles. The van der Waals surface area contributed by atoms with Crippen LogP contribution in [0.1, 0.15) is 23.2 Å². The van der Waals surface area contributed by atoms with Gasteiger partial charge in [0, 0.05) is 21.2 Å². The van der Waals surface area contributed by atoms with Gasteiger partial charge >= 0.3 is 0 Å². The van der Waals surface area contributed by atoms with E-state index in [2.05, 4.69) is 43.8 Å². The van der Waals surface area contributed by atoms with E-state index in [-0.39, 0.29) is 12.0 Å². The Morgan fingerprint density at radius 2 is 2.41 bits per heavy atom. The van der Waals surface area contributed by atoms with Crippen molar-refractivity contribution in [2.24, 2.45) is 0 Å². The molecule has 2 rings (SSSR count). The minimum Gasteiger partial charge on any atom is -0.376 e. The molecular weight excluding hydrogens is 397 g/mol. The van der Waals surface area contributed by atoms with E-state index in [1.807, 2.05) is 18.2 Å². The fourth-order valence-electron chi connectivity index (χ4n) is 1.78. The van der Waals surface area contributed by atoms with Gasteiger partial charge in [0.15, 0.2) is 0 Å². The molecule has 3 nitrogen and oxygen atoms in total. The van der Waals surface area contributed by atoms with Crippen molar-refractivity contribution >= 4 is 44.4 Å². The molecule has 1 N–H and O–H groups in total. The van der Waals surface area contributed by atoms with Gasteiger partial charge in [-0.3, -0.25) is 4.79 Å². The standard InChI is InChI=1S/C12H13BrINO2/c13-8-3-4-11(14)10(6-8)12(16)15-7-9-2-1-5-17-9/h3-4,6,9H,1-2,5,7H2,(H,15,16). The second kappa shape index (κ2) is 6.15. The van der Waals surface area contributed by atoms with Crippen LogP contribution in [-0.2, 0) is 4.74 Å². The molecule has 1 heterocycles. The number of nitrogens with one attached hydrogen (secondary N) is 1. The predicted molar refractivity (Wildman–Crippen MR) is 78.2 cm³/mol. The topological polar surface area (TPSA) is 38.3 Å². The molecule has 92 valence electrons. The Kier molecular flexibility index (Phi) is 4.81. The van der Waals surface area contributed by atoms with Gasteiger partial charge < -0.3 is 10.1 Å². The Balaban J connectivity index is 1.96. The molecular formula is C12H13BrINO2. The van der Waals surface area contributed by atoms with Crippen LogP contribution in [0.5, 0.6) is 0 Å². The number of benzene rings is 1. The summed E-state index contributed by atoms with van der Waals surface area (Å²) in [6, 6.07) is 5.69. The van der Waals surface area contributed by atoms with E-state index in [4.69, 9.17) is 4.74 Å². The van der Waals surface area contributed by atoms with E-state index in [1.165, 1.54) is 0 Å². The highest BCUT2D eigenvalue weighted by Gasteiger charge is 2.17. The van der Waals surface area contributed by atoms with E-state index in [0.29, 0.717) is 12.1 Å². The number of halogens is 2. The Labute approximate surface area is 123 Å². The first kappa shape index (κ1) is 13.3. The second-order valence-corrected chi connectivity index (χ2v) is 6.05. The predicted octanol–water partition coefficient (Wildman–Crippen LogP) is 2.96. The monoisotopic (exact) mass is 409 g/mol. The van der Waals surface area contributed by atoms with E-state index in [0.717, 1.165) is 27.5 Å². The lowest BCUT2D eigenvalue weighted by atomic mass is 10.2. The van der Waals surface area contributed by atoms with Crippen molar-refractivity contribution in [3.63, 3.8) is 0 Å². The van der Waals surface area contributed by atoms with Gasteiger partial charge in [0.1, 0.15) is 0 Å². The van der Waals surface area contributed by atoms with Gasteiger partial charge in [-0.25, -0.2) is 0 Å². The van der Waals surface area contributed by atoms with Gasteiger partial charge in [-0.2, -0.15) is 0 Å². The van der Waals surface area contributed by atoms with Crippen LogP contribution in [0.3, 0.4) is 0 Å². The number of hydrogen-bond acceptors (Lipinski definition) is 2. The summed E-state index contributed by atoms with van der Waals surface area (Å²) in [5, 5.41) is 2.92. The number of carbonyl (C=O) groups excluding carboxylic acids is 1. The van der Waals surface area contributed by atoms with Crippen molar-refractivity contribution in [3.05, 3.63) is 31.8 Å². The van der Waals surface area contributed by atoms with Crippen LogP contribution < -0.4 is 5.32 Å². The normalized spacial score (nSPS) is 19.3. The van der Waals surface area contributed by atoms with Gasteiger partial charge in [-0.1, -0.05) is 15.9 Å². The maximum Gasteiger partial charge on any atom is 0.252 e. The summed E-state index contributed by atoms with van der Waals surface area (Å²) in [5.74, 6) is -0.0359. The largest absolute Gasteiger partial charge is 0.376 e. The zero-order valence-electron chi connectivity index (χ0n) is 9.21. The smallest absolute Gasteiger partial charge is 0.252 e. The number of ether oxygens (including phenoxy) is 1. The molecule has 0 aromatic heterocycles. The Morgan fingerprint density at radius 3 is 3.12 bits per heavy atom. The van der Waals surface area contributed by atoms with Crippen molar-refractivity contribution in [1.82, 2.24) is 5.32 Å². The highest BCUT2D eigenvalue weighted by molar-refractivity contribution is 14.1. The van der Waals surface area contributed by atoms with Crippen LogP contribution in [0.2, 0.25) is 0 Å². The lowest BCUT2D eigenvalue weighted by Gasteiger charge is -2.11. The quantitative estimate of drug-likeness (QED) is 0.779. The van der Waals surface area contributed by atoms with Gasteiger partial charge in [0.25, 0.3) is 5.91 Å². The van der Waals surface area contributed by atoms with Crippen molar-refractivity contribution in [2.75, 3.05) is 13.2 Å². The first-order chi connectivity index (χ1) is 8.16. The summed E-state index contributed by atoms with van der Waals surface area (Å²) >= 11 is 5.54. The molecule has 1 fully saturated rings. The zero-order chi connectivity index (χ0) is 12.3. The van der Waals surface area contributed by atoms with E-state index in [9.17, 15) is 4.79 Å². The molecule has 0 bridgehead atoms. The summed E-state index contributed by atoms with van der Waals surface area (Å²) in [6.07, 6.45) is 2.31. The molecule has 0 aliphatic carbocycles.